The summed E-state index contributed by atoms with van der Waals surface area (Å²) >= 11 is 0. The van der Waals surface area contributed by atoms with Gasteiger partial charge in [0.1, 0.15) is 0 Å². The fourth-order valence-corrected chi connectivity index (χ4v) is 4.43. The first kappa shape index (κ1) is 20.6. The van der Waals surface area contributed by atoms with Crippen LogP contribution in [-0.4, -0.2) is 51.3 Å². The lowest BCUT2D eigenvalue weighted by Crippen LogP contribution is -2.44. The van der Waals surface area contributed by atoms with Gasteiger partial charge in [0.15, 0.2) is 11.6 Å². The summed E-state index contributed by atoms with van der Waals surface area (Å²) in [6.07, 6.45) is 1.85. The van der Waals surface area contributed by atoms with Crippen LogP contribution in [0.5, 0.6) is 0 Å². The zero-order valence-corrected chi connectivity index (χ0v) is 19.0. The number of piperazine rings is 1. The summed E-state index contributed by atoms with van der Waals surface area (Å²) in [4.78, 5) is 17.0. The molecule has 4 heterocycles. The summed E-state index contributed by atoms with van der Waals surface area (Å²) in [7, 11) is 0. The van der Waals surface area contributed by atoms with Gasteiger partial charge in [-0.3, -0.25) is 10.1 Å². The molecular weight excluding hydrogens is 424 g/mol. The predicted octanol–water partition coefficient (Wildman–Crippen LogP) is 3.90. The van der Waals surface area contributed by atoms with E-state index in [0.717, 1.165) is 82.3 Å². The SMILES string of the molecule is Cc1n[nH]c2ccc(-c3cnc(NCc4ccc5ccccc5n4)c(N4CCNCC4)n3)cc12. The Morgan fingerprint density at radius 3 is 2.79 bits per heavy atom. The van der Waals surface area contributed by atoms with Gasteiger partial charge in [-0.1, -0.05) is 30.3 Å². The standard InChI is InChI=1S/C26H26N8/c1-17-21-14-19(7-9-23(21)33-32-17)24-16-29-25(26(31-24)34-12-10-27-11-13-34)28-15-20-8-6-18-4-2-3-5-22(18)30-20/h2-9,14,16,27H,10-13,15H2,1H3,(H,28,29)(H,32,33). The molecule has 170 valence electrons. The fourth-order valence-electron chi connectivity index (χ4n) is 4.43. The number of fused-ring (bicyclic) bond motifs is 2. The van der Waals surface area contributed by atoms with E-state index in [9.17, 15) is 0 Å². The second-order valence-electron chi connectivity index (χ2n) is 8.58. The number of aromatic nitrogens is 5. The number of nitrogens with zero attached hydrogens (tertiary/aromatic N) is 5. The maximum absolute atomic E-state index is 5.07. The Balaban J connectivity index is 1.33. The number of benzene rings is 2. The van der Waals surface area contributed by atoms with Crippen LogP contribution < -0.4 is 15.5 Å². The van der Waals surface area contributed by atoms with Crippen molar-refractivity contribution in [1.29, 1.82) is 0 Å². The number of nitrogens with one attached hydrogen (secondary N) is 3. The molecule has 1 fully saturated rings. The van der Waals surface area contributed by atoms with Gasteiger partial charge in [-0.2, -0.15) is 5.10 Å². The minimum Gasteiger partial charge on any atom is -0.361 e. The highest BCUT2D eigenvalue weighted by Crippen LogP contribution is 2.29. The molecule has 0 aliphatic carbocycles. The van der Waals surface area contributed by atoms with Gasteiger partial charge in [-0.05, 0) is 31.2 Å². The van der Waals surface area contributed by atoms with Crippen molar-refractivity contribution in [1.82, 2.24) is 30.5 Å². The van der Waals surface area contributed by atoms with Crippen LogP contribution >= 0.6 is 0 Å². The zero-order chi connectivity index (χ0) is 22.9. The van der Waals surface area contributed by atoms with E-state index in [1.807, 2.05) is 37.4 Å². The fraction of sp³-hybridized carbons (Fsp3) is 0.231. The van der Waals surface area contributed by atoms with Gasteiger partial charge < -0.3 is 15.5 Å². The van der Waals surface area contributed by atoms with Gasteiger partial charge >= 0.3 is 0 Å². The van der Waals surface area contributed by atoms with E-state index in [0.29, 0.717) is 6.54 Å². The number of aromatic amines is 1. The molecule has 5 aromatic rings. The summed E-state index contributed by atoms with van der Waals surface area (Å²) in [6.45, 7) is 6.23. The smallest absolute Gasteiger partial charge is 0.172 e. The van der Waals surface area contributed by atoms with E-state index in [-0.39, 0.29) is 0 Å². The summed E-state index contributed by atoms with van der Waals surface area (Å²) in [5.41, 5.74) is 5.85. The van der Waals surface area contributed by atoms with Crippen LogP contribution in [0.15, 0.2) is 60.8 Å². The molecular formula is C26H26N8. The van der Waals surface area contributed by atoms with Gasteiger partial charge in [0.05, 0.1) is 40.9 Å². The summed E-state index contributed by atoms with van der Waals surface area (Å²) in [5, 5.41) is 16.5. The molecule has 34 heavy (non-hydrogen) atoms. The minimum atomic E-state index is 0.581. The predicted molar refractivity (Wildman–Crippen MR) is 136 cm³/mol. The third-order valence-electron chi connectivity index (χ3n) is 6.31. The minimum absolute atomic E-state index is 0.581. The van der Waals surface area contributed by atoms with Crippen molar-refractivity contribution in [3.05, 3.63) is 72.2 Å². The van der Waals surface area contributed by atoms with Gasteiger partial charge in [0.2, 0.25) is 0 Å². The van der Waals surface area contributed by atoms with Crippen LogP contribution in [0.3, 0.4) is 0 Å². The van der Waals surface area contributed by atoms with Gasteiger partial charge in [-0.25, -0.2) is 9.97 Å². The molecule has 3 aromatic heterocycles. The number of aryl methyl sites for hydroxylation is 1. The number of pyridine rings is 1. The largest absolute Gasteiger partial charge is 0.361 e. The maximum atomic E-state index is 5.07. The second-order valence-corrected chi connectivity index (χ2v) is 8.58. The van der Waals surface area contributed by atoms with Crippen LogP contribution in [0.1, 0.15) is 11.4 Å². The van der Waals surface area contributed by atoms with Crippen LogP contribution in [0.2, 0.25) is 0 Å². The number of rotatable bonds is 5. The van der Waals surface area contributed by atoms with Gasteiger partial charge in [-0.15, -0.1) is 0 Å². The summed E-state index contributed by atoms with van der Waals surface area (Å²) < 4.78 is 0. The molecule has 0 unspecified atom stereocenters. The van der Waals surface area contributed by atoms with Gasteiger partial charge in [0.25, 0.3) is 0 Å². The Bertz CT molecular complexity index is 1470. The van der Waals surface area contributed by atoms with Gasteiger partial charge in [0, 0.05) is 42.5 Å². The molecule has 8 heteroatoms. The highest BCUT2D eigenvalue weighted by atomic mass is 15.3. The first-order valence-corrected chi connectivity index (χ1v) is 11.6. The average Bonchev–Trinajstić information content (AvgIpc) is 3.27. The Labute approximate surface area is 197 Å². The molecule has 0 amide bonds. The molecule has 6 rings (SSSR count). The molecule has 0 atom stereocenters. The number of H-pyrrole nitrogens is 1. The summed E-state index contributed by atoms with van der Waals surface area (Å²) in [5.74, 6) is 1.66. The maximum Gasteiger partial charge on any atom is 0.172 e. The Morgan fingerprint density at radius 2 is 1.88 bits per heavy atom. The summed E-state index contributed by atoms with van der Waals surface area (Å²) in [6, 6.07) is 18.6. The molecule has 0 radical (unpaired) electrons. The molecule has 8 nitrogen and oxygen atoms in total. The van der Waals surface area contributed by atoms with Crippen molar-refractivity contribution in [3.8, 4) is 11.3 Å². The van der Waals surface area contributed by atoms with Crippen molar-refractivity contribution in [3.63, 3.8) is 0 Å². The van der Waals surface area contributed by atoms with Crippen LogP contribution in [0.25, 0.3) is 33.1 Å². The van der Waals surface area contributed by atoms with Crippen molar-refractivity contribution in [2.75, 3.05) is 36.4 Å². The van der Waals surface area contributed by atoms with E-state index in [2.05, 4.69) is 56.1 Å². The number of hydrogen-bond donors (Lipinski definition) is 3. The molecule has 1 saturated heterocycles. The number of para-hydroxylation sites is 1. The van der Waals surface area contributed by atoms with Crippen LogP contribution in [0.4, 0.5) is 11.6 Å². The third-order valence-corrected chi connectivity index (χ3v) is 6.31. The molecule has 0 bridgehead atoms. The lowest BCUT2D eigenvalue weighted by molar-refractivity contribution is 0.585. The van der Waals surface area contributed by atoms with E-state index in [1.54, 1.807) is 0 Å². The van der Waals surface area contributed by atoms with E-state index < -0.39 is 0 Å². The van der Waals surface area contributed by atoms with Crippen molar-refractivity contribution in [2.45, 2.75) is 13.5 Å². The topological polar surface area (TPSA) is 94.7 Å². The Morgan fingerprint density at radius 1 is 1.00 bits per heavy atom. The van der Waals surface area contributed by atoms with E-state index in [1.165, 1.54) is 0 Å². The number of hydrogen-bond acceptors (Lipinski definition) is 7. The molecule has 3 N–H and O–H groups in total. The second kappa shape index (κ2) is 8.72. The zero-order valence-electron chi connectivity index (χ0n) is 19.0. The van der Waals surface area contributed by atoms with E-state index >= 15 is 0 Å². The Kier molecular flexibility index (Phi) is 5.27. The van der Waals surface area contributed by atoms with Crippen molar-refractivity contribution < 1.29 is 0 Å². The van der Waals surface area contributed by atoms with Crippen LogP contribution in [-0.2, 0) is 6.54 Å². The molecule has 1 aliphatic rings. The average molecular weight is 451 g/mol. The normalized spacial score (nSPS) is 14.1. The number of anilines is 2. The van der Waals surface area contributed by atoms with E-state index in [4.69, 9.17) is 15.0 Å². The lowest BCUT2D eigenvalue weighted by Gasteiger charge is -2.30. The highest BCUT2D eigenvalue weighted by molar-refractivity contribution is 5.86. The molecule has 1 aliphatic heterocycles. The van der Waals surface area contributed by atoms with Crippen molar-refractivity contribution in [2.24, 2.45) is 0 Å². The highest BCUT2D eigenvalue weighted by Gasteiger charge is 2.19. The van der Waals surface area contributed by atoms with Crippen LogP contribution in [0, 0.1) is 6.92 Å². The molecule has 0 spiro atoms. The first-order valence-electron chi connectivity index (χ1n) is 11.6. The monoisotopic (exact) mass is 450 g/mol. The quantitative estimate of drug-likeness (QED) is 0.374. The van der Waals surface area contributed by atoms with Crippen molar-refractivity contribution >= 4 is 33.4 Å². The lowest BCUT2D eigenvalue weighted by atomic mass is 10.1. The molecule has 2 aromatic carbocycles. The third kappa shape index (κ3) is 3.92. The Hall–Kier alpha value is -4.04. The first-order chi connectivity index (χ1) is 16.7. The molecule has 0 saturated carbocycles.